The van der Waals surface area contributed by atoms with Gasteiger partial charge in [0.25, 0.3) is 0 Å². The summed E-state index contributed by atoms with van der Waals surface area (Å²) in [5.41, 5.74) is 6.29. The van der Waals surface area contributed by atoms with Crippen molar-refractivity contribution in [3.8, 4) is 0 Å². The average Bonchev–Trinajstić information content (AvgIpc) is 2.46. The van der Waals surface area contributed by atoms with Crippen molar-refractivity contribution >= 4 is 17.5 Å². The maximum absolute atomic E-state index is 12.9. The van der Waals surface area contributed by atoms with Crippen molar-refractivity contribution in [1.29, 1.82) is 0 Å². The van der Waals surface area contributed by atoms with Crippen molar-refractivity contribution in [1.82, 2.24) is 5.32 Å². The lowest BCUT2D eigenvalue weighted by molar-refractivity contribution is -0.126. The maximum Gasteiger partial charge on any atom is 0.246 e. The van der Waals surface area contributed by atoms with E-state index >= 15 is 0 Å². The fourth-order valence-corrected chi connectivity index (χ4v) is 1.80. The first-order valence-corrected chi connectivity index (χ1v) is 6.96. The summed E-state index contributed by atoms with van der Waals surface area (Å²) < 4.78 is 12.9. The van der Waals surface area contributed by atoms with Gasteiger partial charge in [-0.3, -0.25) is 9.59 Å². The molecule has 5 nitrogen and oxygen atoms in total. The van der Waals surface area contributed by atoms with Crippen LogP contribution in [-0.2, 0) is 9.59 Å². The van der Waals surface area contributed by atoms with E-state index in [1.165, 1.54) is 29.2 Å². The van der Waals surface area contributed by atoms with Crippen LogP contribution in [0.5, 0.6) is 0 Å². The van der Waals surface area contributed by atoms with Crippen molar-refractivity contribution in [2.45, 2.75) is 26.8 Å². The molecule has 0 bridgehead atoms. The Balaban J connectivity index is 2.64. The molecule has 0 fully saturated rings. The third-order valence-electron chi connectivity index (χ3n) is 3.19. The van der Waals surface area contributed by atoms with Gasteiger partial charge in [0.15, 0.2) is 0 Å². The summed E-state index contributed by atoms with van der Waals surface area (Å²) in [6, 6.07) is 4.99. The fraction of sp³-hybridized carbons (Fsp3) is 0.467. The molecule has 0 saturated carbocycles. The van der Waals surface area contributed by atoms with Gasteiger partial charge in [0.05, 0.1) is 12.6 Å². The van der Waals surface area contributed by atoms with Crippen LogP contribution in [0.25, 0.3) is 0 Å². The molecule has 0 saturated heterocycles. The predicted octanol–water partition coefficient (Wildman–Crippen LogP) is 1.28. The molecular weight excluding hydrogens is 273 g/mol. The number of hydrogen-bond donors (Lipinski definition) is 2. The zero-order chi connectivity index (χ0) is 16.0. The molecule has 0 heterocycles. The molecule has 1 aromatic carbocycles. The van der Waals surface area contributed by atoms with Crippen LogP contribution in [0.4, 0.5) is 10.1 Å². The highest BCUT2D eigenvalue weighted by atomic mass is 19.1. The van der Waals surface area contributed by atoms with Crippen molar-refractivity contribution in [2.75, 3.05) is 18.0 Å². The van der Waals surface area contributed by atoms with E-state index in [0.717, 1.165) is 0 Å². The Kier molecular flexibility index (Phi) is 6.30. The van der Waals surface area contributed by atoms with E-state index < -0.39 is 6.04 Å². The second-order valence-corrected chi connectivity index (χ2v) is 5.10. The summed E-state index contributed by atoms with van der Waals surface area (Å²) in [6.45, 7) is 5.77. The molecule has 6 heteroatoms. The number of benzene rings is 1. The van der Waals surface area contributed by atoms with Crippen LogP contribution >= 0.6 is 0 Å². The summed E-state index contributed by atoms with van der Waals surface area (Å²) in [5.74, 6) is -0.986. The number of hydrogen-bond acceptors (Lipinski definition) is 3. The Bertz CT molecular complexity index is 488. The second kappa shape index (κ2) is 7.73. The van der Waals surface area contributed by atoms with E-state index in [4.69, 9.17) is 5.73 Å². The Labute approximate surface area is 124 Å². The lowest BCUT2D eigenvalue weighted by Gasteiger charge is -2.22. The molecule has 1 aromatic rings. The molecule has 0 aromatic heterocycles. The number of halogens is 1. The van der Waals surface area contributed by atoms with E-state index in [9.17, 15) is 14.0 Å². The SMILES string of the molecule is CCN(C(=O)CNC(=O)[C@@H](N)C(C)C)c1ccc(F)cc1. The molecule has 1 atom stereocenters. The topological polar surface area (TPSA) is 75.4 Å². The molecule has 0 aliphatic rings. The number of amides is 2. The first-order chi connectivity index (χ1) is 9.86. The van der Waals surface area contributed by atoms with Gasteiger partial charge in [-0.15, -0.1) is 0 Å². The Hall–Kier alpha value is -1.95. The number of rotatable bonds is 6. The molecule has 3 N–H and O–H groups in total. The van der Waals surface area contributed by atoms with Gasteiger partial charge >= 0.3 is 0 Å². The van der Waals surface area contributed by atoms with Crippen LogP contribution in [0.15, 0.2) is 24.3 Å². The molecule has 0 aliphatic carbocycles. The number of anilines is 1. The van der Waals surface area contributed by atoms with Crippen molar-refractivity contribution < 1.29 is 14.0 Å². The fourth-order valence-electron chi connectivity index (χ4n) is 1.80. The molecule has 21 heavy (non-hydrogen) atoms. The Morgan fingerprint density at radius 2 is 1.86 bits per heavy atom. The Morgan fingerprint density at radius 3 is 2.33 bits per heavy atom. The quantitative estimate of drug-likeness (QED) is 0.830. The summed E-state index contributed by atoms with van der Waals surface area (Å²) in [6.07, 6.45) is 0. The highest BCUT2D eigenvalue weighted by Gasteiger charge is 2.19. The van der Waals surface area contributed by atoms with Gasteiger partial charge in [0.2, 0.25) is 11.8 Å². The van der Waals surface area contributed by atoms with Crippen LogP contribution in [0, 0.1) is 11.7 Å². The zero-order valence-electron chi connectivity index (χ0n) is 12.6. The maximum atomic E-state index is 12.9. The van der Waals surface area contributed by atoms with E-state index in [1.54, 1.807) is 0 Å². The first kappa shape index (κ1) is 17.1. The zero-order valence-corrected chi connectivity index (χ0v) is 12.6. The van der Waals surface area contributed by atoms with Gasteiger partial charge in [-0.2, -0.15) is 0 Å². The lowest BCUT2D eigenvalue weighted by Crippen LogP contribution is -2.48. The number of likely N-dealkylation sites (N-methyl/N-ethyl adjacent to an activating group) is 1. The van der Waals surface area contributed by atoms with Gasteiger partial charge in [-0.25, -0.2) is 4.39 Å². The molecule has 0 radical (unpaired) electrons. The number of nitrogens with one attached hydrogen (secondary N) is 1. The third-order valence-corrected chi connectivity index (χ3v) is 3.19. The molecular formula is C15H22FN3O2. The summed E-state index contributed by atoms with van der Waals surface area (Å²) >= 11 is 0. The molecule has 0 aliphatic heterocycles. The Morgan fingerprint density at radius 1 is 1.29 bits per heavy atom. The van der Waals surface area contributed by atoms with E-state index in [-0.39, 0.29) is 30.1 Å². The minimum Gasteiger partial charge on any atom is -0.346 e. The summed E-state index contributed by atoms with van der Waals surface area (Å²) in [4.78, 5) is 25.3. The summed E-state index contributed by atoms with van der Waals surface area (Å²) in [7, 11) is 0. The number of nitrogens with two attached hydrogens (primary N) is 1. The number of carbonyl (C=O) groups is 2. The molecule has 0 spiro atoms. The highest BCUT2D eigenvalue weighted by Crippen LogP contribution is 2.14. The number of nitrogens with zero attached hydrogens (tertiary/aromatic N) is 1. The normalized spacial score (nSPS) is 12.1. The third kappa shape index (κ3) is 4.82. The highest BCUT2D eigenvalue weighted by molar-refractivity contribution is 5.97. The smallest absolute Gasteiger partial charge is 0.246 e. The largest absolute Gasteiger partial charge is 0.346 e. The van der Waals surface area contributed by atoms with E-state index in [0.29, 0.717) is 12.2 Å². The lowest BCUT2D eigenvalue weighted by atomic mass is 10.1. The van der Waals surface area contributed by atoms with Gasteiger partial charge in [0, 0.05) is 12.2 Å². The van der Waals surface area contributed by atoms with Crippen molar-refractivity contribution in [3.05, 3.63) is 30.1 Å². The van der Waals surface area contributed by atoms with Crippen LogP contribution in [0.1, 0.15) is 20.8 Å². The molecule has 2 amide bonds. The standard InChI is InChI=1S/C15H22FN3O2/c1-4-19(12-7-5-11(16)6-8-12)13(20)9-18-15(21)14(17)10(2)3/h5-8,10,14H,4,9,17H2,1-3H3,(H,18,21)/t14-/m0/s1. The predicted molar refractivity (Wildman–Crippen MR) is 80.3 cm³/mol. The minimum absolute atomic E-state index is 0.000483. The van der Waals surface area contributed by atoms with E-state index in [1.807, 2.05) is 20.8 Å². The molecule has 0 unspecified atom stereocenters. The van der Waals surface area contributed by atoms with Crippen molar-refractivity contribution in [3.63, 3.8) is 0 Å². The van der Waals surface area contributed by atoms with Crippen LogP contribution < -0.4 is 16.0 Å². The molecule has 116 valence electrons. The average molecular weight is 295 g/mol. The van der Waals surface area contributed by atoms with Crippen LogP contribution in [0.2, 0.25) is 0 Å². The van der Waals surface area contributed by atoms with Crippen LogP contribution in [-0.4, -0.2) is 30.9 Å². The second-order valence-electron chi connectivity index (χ2n) is 5.10. The van der Waals surface area contributed by atoms with Gasteiger partial charge in [-0.05, 0) is 37.1 Å². The van der Waals surface area contributed by atoms with Gasteiger partial charge in [-0.1, -0.05) is 13.8 Å². The molecule has 1 rings (SSSR count). The number of carbonyl (C=O) groups excluding carboxylic acids is 2. The van der Waals surface area contributed by atoms with Crippen molar-refractivity contribution in [2.24, 2.45) is 11.7 Å². The van der Waals surface area contributed by atoms with Gasteiger partial charge in [0.1, 0.15) is 5.82 Å². The van der Waals surface area contributed by atoms with Gasteiger partial charge < -0.3 is 16.0 Å². The monoisotopic (exact) mass is 295 g/mol. The summed E-state index contributed by atoms with van der Waals surface area (Å²) in [5, 5.41) is 2.53. The minimum atomic E-state index is -0.640. The van der Waals surface area contributed by atoms with E-state index in [2.05, 4.69) is 5.32 Å². The van der Waals surface area contributed by atoms with Crippen LogP contribution in [0.3, 0.4) is 0 Å². The first-order valence-electron chi connectivity index (χ1n) is 6.96.